The number of hydrogen-bond donors (Lipinski definition) is 1. The Bertz CT molecular complexity index is 580. The number of halogens is 1. The second kappa shape index (κ2) is 5.20. The number of carbonyl (C=O) groups is 1. The molecule has 6 heteroatoms. The van der Waals surface area contributed by atoms with Crippen LogP contribution < -0.4 is 5.48 Å². The number of hydroxylamine groups is 1. The average molecular weight is 266 g/mol. The Morgan fingerprint density at radius 2 is 2.28 bits per heavy atom. The second-order valence-electron chi connectivity index (χ2n) is 3.67. The van der Waals surface area contributed by atoms with Crippen molar-refractivity contribution in [1.82, 2.24) is 15.3 Å². The van der Waals surface area contributed by atoms with E-state index in [0.29, 0.717) is 16.3 Å². The Kier molecular flexibility index (Phi) is 3.64. The number of nitrogens with zero attached hydrogens (tertiary/aromatic N) is 2. The van der Waals surface area contributed by atoms with Crippen molar-refractivity contribution < 1.29 is 9.63 Å². The van der Waals surface area contributed by atoms with Crippen molar-refractivity contribution in [1.29, 1.82) is 0 Å². The minimum Gasteiger partial charge on any atom is -0.277 e. The fourth-order valence-corrected chi connectivity index (χ4v) is 1.83. The molecular formula is C12H12ClN3O2. The molecule has 94 valence electrons. The first-order valence-corrected chi connectivity index (χ1v) is 5.65. The highest BCUT2D eigenvalue weighted by atomic mass is 35.5. The number of amides is 1. The Balaban J connectivity index is 2.39. The zero-order valence-corrected chi connectivity index (χ0v) is 10.7. The fourth-order valence-electron chi connectivity index (χ4n) is 1.65. The molecule has 0 fully saturated rings. The van der Waals surface area contributed by atoms with Gasteiger partial charge in [0, 0.05) is 5.02 Å². The van der Waals surface area contributed by atoms with Gasteiger partial charge in [-0.05, 0) is 25.1 Å². The van der Waals surface area contributed by atoms with Gasteiger partial charge in [0.2, 0.25) is 0 Å². The van der Waals surface area contributed by atoms with Gasteiger partial charge in [0.25, 0.3) is 5.91 Å². The lowest BCUT2D eigenvalue weighted by molar-refractivity contribution is 0.0537. The van der Waals surface area contributed by atoms with Crippen molar-refractivity contribution in [2.45, 2.75) is 6.92 Å². The summed E-state index contributed by atoms with van der Waals surface area (Å²) in [6.07, 6.45) is 1.49. The monoisotopic (exact) mass is 265 g/mol. The minimum absolute atomic E-state index is 0.330. The highest BCUT2D eigenvalue weighted by Crippen LogP contribution is 2.17. The van der Waals surface area contributed by atoms with Crippen molar-refractivity contribution in [2.24, 2.45) is 0 Å². The van der Waals surface area contributed by atoms with E-state index >= 15 is 0 Å². The predicted molar refractivity (Wildman–Crippen MR) is 67.8 cm³/mol. The molecule has 0 unspecified atom stereocenters. The number of benzene rings is 1. The van der Waals surface area contributed by atoms with Crippen LogP contribution in [0.25, 0.3) is 5.69 Å². The zero-order chi connectivity index (χ0) is 13.1. The molecule has 1 N–H and O–H groups in total. The first-order chi connectivity index (χ1) is 8.63. The first kappa shape index (κ1) is 12.6. The van der Waals surface area contributed by atoms with Crippen LogP contribution in [0.5, 0.6) is 0 Å². The van der Waals surface area contributed by atoms with Crippen molar-refractivity contribution >= 4 is 17.5 Å². The smallest absolute Gasteiger partial charge is 0.277 e. The van der Waals surface area contributed by atoms with Gasteiger partial charge in [-0.3, -0.25) is 9.63 Å². The summed E-state index contributed by atoms with van der Waals surface area (Å²) in [6.45, 7) is 1.80. The summed E-state index contributed by atoms with van der Waals surface area (Å²) >= 11 is 5.93. The fraction of sp³-hybridized carbons (Fsp3) is 0.167. The van der Waals surface area contributed by atoms with E-state index in [-0.39, 0.29) is 5.91 Å². The molecule has 5 nitrogen and oxygen atoms in total. The lowest BCUT2D eigenvalue weighted by Crippen LogP contribution is -2.22. The van der Waals surface area contributed by atoms with E-state index in [1.165, 1.54) is 13.3 Å². The molecule has 0 aliphatic rings. The maximum absolute atomic E-state index is 11.7. The number of nitrogens with one attached hydrogen (secondary N) is 1. The van der Waals surface area contributed by atoms with E-state index < -0.39 is 0 Å². The lowest BCUT2D eigenvalue weighted by atomic mass is 10.2. The van der Waals surface area contributed by atoms with Crippen molar-refractivity contribution in [3.05, 3.63) is 46.7 Å². The van der Waals surface area contributed by atoms with Gasteiger partial charge >= 0.3 is 0 Å². The van der Waals surface area contributed by atoms with E-state index in [9.17, 15) is 4.79 Å². The Hall–Kier alpha value is -1.85. The molecule has 2 aromatic rings. The molecule has 0 saturated heterocycles. The maximum atomic E-state index is 11.7. The van der Waals surface area contributed by atoms with E-state index in [1.54, 1.807) is 23.7 Å². The zero-order valence-electron chi connectivity index (χ0n) is 9.98. The molecule has 0 aliphatic carbocycles. The third-order valence-corrected chi connectivity index (χ3v) is 2.74. The topological polar surface area (TPSA) is 56.1 Å². The minimum atomic E-state index is -0.330. The van der Waals surface area contributed by atoms with Gasteiger partial charge < -0.3 is 0 Å². The number of aromatic nitrogens is 2. The molecule has 1 amide bonds. The number of rotatable bonds is 3. The molecular weight excluding hydrogens is 254 g/mol. The molecule has 2 rings (SSSR count). The molecule has 0 aliphatic heterocycles. The third kappa shape index (κ3) is 2.37. The van der Waals surface area contributed by atoms with Crippen LogP contribution in [0.1, 0.15) is 16.1 Å². The first-order valence-electron chi connectivity index (χ1n) is 5.27. The standard InChI is InChI=1S/C12H12ClN3O2/c1-8-11(12(17)15-18-2)7-14-16(8)10-5-3-4-9(13)6-10/h3-7H,1-2H3,(H,15,17). The Labute approximate surface area is 109 Å². The summed E-state index contributed by atoms with van der Waals surface area (Å²) in [4.78, 5) is 16.3. The molecule has 1 heterocycles. The van der Waals surface area contributed by atoms with Gasteiger partial charge in [-0.15, -0.1) is 0 Å². The van der Waals surface area contributed by atoms with E-state index in [1.807, 2.05) is 12.1 Å². The van der Waals surface area contributed by atoms with Crippen LogP contribution >= 0.6 is 11.6 Å². The molecule has 0 radical (unpaired) electrons. The quantitative estimate of drug-likeness (QED) is 0.865. The molecule has 0 saturated carbocycles. The number of hydrogen-bond acceptors (Lipinski definition) is 3. The van der Waals surface area contributed by atoms with Gasteiger partial charge in [0.05, 0.1) is 30.3 Å². The van der Waals surface area contributed by atoms with Gasteiger partial charge in [0.15, 0.2) is 0 Å². The molecule has 0 bridgehead atoms. The van der Waals surface area contributed by atoms with Gasteiger partial charge in [-0.1, -0.05) is 17.7 Å². The predicted octanol–water partition coefficient (Wildman–Crippen LogP) is 2.13. The van der Waals surface area contributed by atoms with Crippen LogP contribution in [-0.2, 0) is 4.84 Å². The summed E-state index contributed by atoms with van der Waals surface area (Å²) in [6, 6.07) is 7.25. The largest absolute Gasteiger partial charge is 0.278 e. The van der Waals surface area contributed by atoms with Crippen LogP contribution in [-0.4, -0.2) is 22.8 Å². The van der Waals surface area contributed by atoms with E-state index in [2.05, 4.69) is 15.4 Å². The van der Waals surface area contributed by atoms with Gasteiger partial charge in [-0.2, -0.15) is 5.10 Å². The van der Waals surface area contributed by atoms with E-state index in [0.717, 1.165) is 5.69 Å². The van der Waals surface area contributed by atoms with Crippen LogP contribution in [0, 0.1) is 6.92 Å². The summed E-state index contributed by atoms with van der Waals surface area (Å²) < 4.78 is 1.65. The lowest BCUT2D eigenvalue weighted by Gasteiger charge is -2.05. The highest BCUT2D eigenvalue weighted by Gasteiger charge is 2.14. The maximum Gasteiger partial charge on any atom is 0.278 e. The molecule has 0 spiro atoms. The molecule has 0 atom stereocenters. The van der Waals surface area contributed by atoms with Crippen molar-refractivity contribution in [3.63, 3.8) is 0 Å². The Morgan fingerprint density at radius 3 is 2.94 bits per heavy atom. The Morgan fingerprint density at radius 1 is 1.50 bits per heavy atom. The van der Waals surface area contributed by atoms with Crippen molar-refractivity contribution in [2.75, 3.05) is 7.11 Å². The van der Waals surface area contributed by atoms with Gasteiger partial charge in [0.1, 0.15) is 0 Å². The summed E-state index contributed by atoms with van der Waals surface area (Å²) in [5.74, 6) is -0.330. The van der Waals surface area contributed by atoms with Crippen molar-refractivity contribution in [3.8, 4) is 5.69 Å². The molecule has 18 heavy (non-hydrogen) atoms. The van der Waals surface area contributed by atoms with Gasteiger partial charge in [-0.25, -0.2) is 10.2 Å². The summed E-state index contributed by atoms with van der Waals surface area (Å²) in [5, 5.41) is 4.79. The van der Waals surface area contributed by atoms with Crippen LogP contribution in [0.3, 0.4) is 0 Å². The molecule has 1 aromatic heterocycles. The molecule has 1 aromatic carbocycles. The third-order valence-electron chi connectivity index (χ3n) is 2.50. The van der Waals surface area contributed by atoms with Crippen LogP contribution in [0.2, 0.25) is 5.02 Å². The SMILES string of the molecule is CONC(=O)c1cnn(-c2cccc(Cl)c2)c1C. The highest BCUT2D eigenvalue weighted by molar-refractivity contribution is 6.30. The summed E-state index contributed by atoms with van der Waals surface area (Å²) in [5.41, 5.74) is 4.23. The average Bonchev–Trinajstić information content (AvgIpc) is 2.71. The summed E-state index contributed by atoms with van der Waals surface area (Å²) in [7, 11) is 1.38. The number of carbonyl (C=O) groups excluding carboxylic acids is 1. The second-order valence-corrected chi connectivity index (χ2v) is 4.11. The van der Waals surface area contributed by atoms with Crippen LogP contribution in [0.15, 0.2) is 30.5 Å². The van der Waals surface area contributed by atoms with E-state index in [4.69, 9.17) is 11.6 Å². The van der Waals surface area contributed by atoms with Crippen LogP contribution in [0.4, 0.5) is 0 Å². The normalized spacial score (nSPS) is 10.4.